The first-order chi connectivity index (χ1) is 7.16. The van der Waals surface area contributed by atoms with E-state index in [9.17, 15) is 0 Å². The fourth-order valence-corrected chi connectivity index (χ4v) is 2.89. The molecule has 2 aliphatic rings. The van der Waals surface area contributed by atoms with Crippen LogP contribution in [0.1, 0.15) is 26.2 Å². The van der Waals surface area contributed by atoms with Crippen LogP contribution in [0.2, 0.25) is 0 Å². The molecule has 0 radical (unpaired) electrons. The van der Waals surface area contributed by atoms with Gasteiger partial charge in [0, 0.05) is 31.2 Å². The summed E-state index contributed by atoms with van der Waals surface area (Å²) in [5.41, 5.74) is 0. The van der Waals surface area contributed by atoms with Crippen molar-refractivity contribution in [2.45, 2.75) is 44.3 Å². The van der Waals surface area contributed by atoms with Gasteiger partial charge in [-0.05, 0) is 46.8 Å². The van der Waals surface area contributed by atoms with Gasteiger partial charge in [0.1, 0.15) is 0 Å². The van der Waals surface area contributed by atoms with Crippen molar-refractivity contribution in [1.82, 2.24) is 15.1 Å². The summed E-state index contributed by atoms with van der Waals surface area (Å²) < 4.78 is 0. The second-order valence-corrected chi connectivity index (χ2v) is 5.41. The minimum atomic E-state index is 0.746. The number of nitrogens with one attached hydrogen (secondary N) is 1. The molecule has 3 atom stereocenters. The summed E-state index contributed by atoms with van der Waals surface area (Å²) in [4.78, 5) is 5.03. The zero-order valence-corrected chi connectivity index (χ0v) is 10.4. The standard InChI is InChI=1S/C12H25N3/c1-10-7-12(9-14(10)2)15(3)8-11-5-4-6-13-11/h10-13H,4-9H2,1-3H3. The molecule has 0 spiro atoms. The van der Waals surface area contributed by atoms with Crippen LogP contribution in [0.5, 0.6) is 0 Å². The van der Waals surface area contributed by atoms with Gasteiger partial charge in [-0.25, -0.2) is 0 Å². The smallest absolute Gasteiger partial charge is 0.0235 e. The van der Waals surface area contributed by atoms with Crippen molar-refractivity contribution in [3.63, 3.8) is 0 Å². The average molecular weight is 211 g/mol. The van der Waals surface area contributed by atoms with Gasteiger partial charge in [0.25, 0.3) is 0 Å². The molecule has 0 saturated carbocycles. The summed E-state index contributed by atoms with van der Waals surface area (Å²) in [6.07, 6.45) is 4.06. The lowest BCUT2D eigenvalue weighted by atomic mass is 10.1. The Hall–Kier alpha value is -0.120. The first-order valence-corrected chi connectivity index (χ1v) is 6.30. The lowest BCUT2D eigenvalue weighted by Gasteiger charge is -2.27. The number of hydrogen-bond acceptors (Lipinski definition) is 3. The Bertz CT molecular complexity index is 191. The lowest BCUT2D eigenvalue weighted by Crippen LogP contribution is -2.41. The summed E-state index contributed by atoms with van der Waals surface area (Å²) in [6.45, 7) is 6.02. The Labute approximate surface area is 93.8 Å². The van der Waals surface area contributed by atoms with Crippen molar-refractivity contribution in [3.8, 4) is 0 Å². The predicted octanol–water partition coefficient (Wildman–Crippen LogP) is 0.763. The molecule has 0 aromatic heterocycles. The summed E-state index contributed by atoms with van der Waals surface area (Å²) in [5, 5.41) is 3.58. The average Bonchev–Trinajstić information content (AvgIpc) is 2.78. The number of nitrogens with zero attached hydrogens (tertiary/aromatic N) is 2. The Morgan fingerprint density at radius 3 is 2.80 bits per heavy atom. The van der Waals surface area contributed by atoms with E-state index in [4.69, 9.17) is 0 Å². The van der Waals surface area contributed by atoms with E-state index in [1.807, 2.05) is 0 Å². The molecular formula is C12H25N3. The van der Waals surface area contributed by atoms with E-state index in [0.29, 0.717) is 0 Å². The zero-order valence-electron chi connectivity index (χ0n) is 10.4. The van der Waals surface area contributed by atoms with Crippen LogP contribution < -0.4 is 5.32 Å². The van der Waals surface area contributed by atoms with Gasteiger partial charge in [-0.2, -0.15) is 0 Å². The van der Waals surface area contributed by atoms with Crippen LogP contribution in [0, 0.1) is 0 Å². The monoisotopic (exact) mass is 211 g/mol. The normalized spacial score (nSPS) is 38.0. The number of hydrogen-bond donors (Lipinski definition) is 1. The van der Waals surface area contributed by atoms with Gasteiger partial charge in [0.05, 0.1) is 0 Å². The topological polar surface area (TPSA) is 18.5 Å². The molecule has 0 aromatic carbocycles. The maximum absolute atomic E-state index is 3.58. The third-order valence-electron chi connectivity index (χ3n) is 4.16. The maximum Gasteiger partial charge on any atom is 0.0235 e. The molecule has 0 amide bonds. The molecule has 3 unspecified atom stereocenters. The van der Waals surface area contributed by atoms with Gasteiger partial charge in [0.2, 0.25) is 0 Å². The molecule has 3 nitrogen and oxygen atoms in total. The maximum atomic E-state index is 3.58. The fraction of sp³-hybridized carbons (Fsp3) is 1.00. The van der Waals surface area contributed by atoms with E-state index in [2.05, 4.69) is 36.1 Å². The lowest BCUT2D eigenvalue weighted by molar-refractivity contribution is 0.222. The van der Waals surface area contributed by atoms with Crippen LogP contribution in [0.15, 0.2) is 0 Å². The molecule has 0 aromatic rings. The molecule has 2 fully saturated rings. The van der Waals surface area contributed by atoms with Crippen LogP contribution in [0.25, 0.3) is 0 Å². The van der Waals surface area contributed by atoms with Gasteiger partial charge >= 0.3 is 0 Å². The predicted molar refractivity (Wildman–Crippen MR) is 64.2 cm³/mol. The van der Waals surface area contributed by atoms with E-state index in [0.717, 1.165) is 18.1 Å². The molecule has 2 aliphatic heterocycles. The quantitative estimate of drug-likeness (QED) is 0.743. The van der Waals surface area contributed by atoms with Crippen molar-refractivity contribution in [2.75, 3.05) is 33.7 Å². The Morgan fingerprint density at radius 1 is 1.47 bits per heavy atom. The first kappa shape index (κ1) is 11.4. The van der Waals surface area contributed by atoms with Crippen molar-refractivity contribution in [1.29, 1.82) is 0 Å². The van der Waals surface area contributed by atoms with E-state index in [1.54, 1.807) is 0 Å². The summed E-state index contributed by atoms with van der Waals surface area (Å²) in [5.74, 6) is 0. The third-order valence-corrected chi connectivity index (χ3v) is 4.16. The second-order valence-electron chi connectivity index (χ2n) is 5.41. The van der Waals surface area contributed by atoms with Crippen molar-refractivity contribution in [3.05, 3.63) is 0 Å². The van der Waals surface area contributed by atoms with Gasteiger partial charge in [0.15, 0.2) is 0 Å². The van der Waals surface area contributed by atoms with Crippen LogP contribution in [-0.2, 0) is 0 Å². The fourth-order valence-electron chi connectivity index (χ4n) is 2.89. The molecule has 2 saturated heterocycles. The Kier molecular flexibility index (Phi) is 3.65. The Morgan fingerprint density at radius 2 is 2.27 bits per heavy atom. The molecular weight excluding hydrogens is 186 g/mol. The minimum Gasteiger partial charge on any atom is -0.313 e. The minimum absolute atomic E-state index is 0.746. The molecule has 2 heterocycles. The van der Waals surface area contributed by atoms with E-state index in [1.165, 1.54) is 38.9 Å². The van der Waals surface area contributed by atoms with Gasteiger partial charge in [-0.15, -0.1) is 0 Å². The van der Waals surface area contributed by atoms with E-state index < -0.39 is 0 Å². The first-order valence-electron chi connectivity index (χ1n) is 6.30. The van der Waals surface area contributed by atoms with Crippen LogP contribution >= 0.6 is 0 Å². The molecule has 0 bridgehead atoms. The highest BCUT2D eigenvalue weighted by atomic mass is 15.3. The van der Waals surface area contributed by atoms with Gasteiger partial charge in [-0.1, -0.05) is 0 Å². The van der Waals surface area contributed by atoms with Crippen molar-refractivity contribution in [2.24, 2.45) is 0 Å². The summed E-state index contributed by atoms with van der Waals surface area (Å²) >= 11 is 0. The highest BCUT2D eigenvalue weighted by Gasteiger charge is 2.30. The second kappa shape index (κ2) is 4.81. The highest BCUT2D eigenvalue weighted by Crippen LogP contribution is 2.20. The van der Waals surface area contributed by atoms with E-state index in [-0.39, 0.29) is 0 Å². The number of likely N-dealkylation sites (N-methyl/N-ethyl adjacent to an activating group) is 2. The summed E-state index contributed by atoms with van der Waals surface area (Å²) in [7, 11) is 4.53. The Balaban J connectivity index is 1.78. The molecule has 1 N–H and O–H groups in total. The molecule has 2 rings (SSSR count). The number of rotatable bonds is 3. The number of likely N-dealkylation sites (tertiary alicyclic amines) is 1. The van der Waals surface area contributed by atoms with Crippen LogP contribution in [-0.4, -0.2) is 61.7 Å². The molecule has 3 heteroatoms. The van der Waals surface area contributed by atoms with Gasteiger partial charge in [-0.3, -0.25) is 0 Å². The van der Waals surface area contributed by atoms with Gasteiger partial charge < -0.3 is 15.1 Å². The largest absolute Gasteiger partial charge is 0.313 e. The van der Waals surface area contributed by atoms with Crippen LogP contribution in [0.4, 0.5) is 0 Å². The molecule has 88 valence electrons. The third kappa shape index (κ3) is 2.71. The molecule has 0 aliphatic carbocycles. The SMILES string of the molecule is CC1CC(N(C)CC2CCCN2)CN1C. The zero-order chi connectivity index (χ0) is 10.8. The highest BCUT2D eigenvalue weighted by molar-refractivity contribution is 4.88. The molecule has 15 heavy (non-hydrogen) atoms. The van der Waals surface area contributed by atoms with E-state index >= 15 is 0 Å². The summed E-state index contributed by atoms with van der Waals surface area (Å²) in [6, 6.07) is 2.28. The van der Waals surface area contributed by atoms with Crippen molar-refractivity contribution < 1.29 is 0 Å². The van der Waals surface area contributed by atoms with Crippen LogP contribution in [0.3, 0.4) is 0 Å². The van der Waals surface area contributed by atoms with Crippen molar-refractivity contribution >= 4 is 0 Å².